The molecule has 0 atom stereocenters. The van der Waals surface area contributed by atoms with Crippen LogP contribution in [0.3, 0.4) is 0 Å². The number of nitrogens with zero attached hydrogens (tertiary/aromatic N) is 2. The summed E-state index contributed by atoms with van der Waals surface area (Å²) in [5, 5.41) is 23.9. The number of anilines is 1. The second kappa shape index (κ2) is 8.23. The Hall–Kier alpha value is -3.53. The Morgan fingerprint density at radius 1 is 1.11 bits per heavy atom. The van der Waals surface area contributed by atoms with Gasteiger partial charge < -0.3 is 10.1 Å². The van der Waals surface area contributed by atoms with Gasteiger partial charge in [-0.3, -0.25) is 25.0 Å². The highest BCUT2D eigenvalue weighted by molar-refractivity contribution is 6.32. The highest BCUT2D eigenvalue weighted by atomic mass is 35.5. The van der Waals surface area contributed by atoms with Crippen molar-refractivity contribution in [2.24, 2.45) is 0 Å². The van der Waals surface area contributed by atoms with Gasteiger partial charge in [0.25, 0.3) is 17.3 Å². The molecule has 0 spiro atoms. The van der Waals surface area contributed by atoms with Crippen LogP contribution >= 0.6 is 11.6 Å². The van der Waals surface area contributed by atoms with Gasteiger partial charge in [-0.2, -0.15) is 0 Å². The molecule has 1 N–H and O–H groups in total. The maximum atomic E-state index is 11.9. The number of carbonyl (C=O) groups excluding carboxylic acids is 2. The van der Waals surface area contributed by atoms with Crippen molar-refractivity contribution in [3.05, 3.63) is 72.8 Å². The number of ether oxygens (including phenoxy) is 1. The first kappa shape index (κ1) is 19.8. The molecule has 1 amide bonds. The lowest BCUT2D eigenvalue weighted by atomic mass is 10.2. The standard InChI is InChI=1S/C16H12ClN3O7/c1-9-2-4-11(19(23)24)7-13(9)18-15(21)8-27-16(22)10-3-5-12(17)14(6-10)20(25)26/h2-7H,8H2,1H3,(H,18,21). The van der Waals surface area contributed by atoms with Gasteiger partial charge in [-0.25, -0.2) is 4.79 Å². The summed E-state index contributed by atoms with van der Waals surface area (Å²) in [6, 6.07) is 7.26. The fourth-order valence-corrected chi connectivity index (χ4v) is 2.23. The zero-order chi connectivity index (χ0) is 20.1. The first-order valence-electron chi connectivity index (χ1n) is 7.35. The average molecular weight is 394 g/mol. The number of aryl methyl sites for hydroxylation is 1. The molecule has 0 saturated carbocycles. The van der Waals surface area contributed by atoms with Gasteiger partial charge in [0.1, 0.15) is 5.02 Å². The van der Waals surface area contributed by atoms with Crippen LogP contribution < -0.4 is 5.32 Å². The van der Waals surface area contributed by atoms with Crippen molar-refractivity contribution in [3.8, 4) is 0 Å². The largest absolute Gasteiger partial charge is 0.452 e. The highest BCUT2D eigenvalue weighted by Gasteiger charge is 2.18. The Balaban J connectivity index is 2.03. The van der Waals surface area contributed by atoms with Gasteiger partial charge in [-0.05, 0) is 24.6 Å². The minimum absolute atomic E-state index is 0.143. The van der Waals surface area contributed by atoms with E-state index < -0.39 is 34.0 Å². The molecule has 140 valence electrons. The number of carbonyl (C=O) groups is 2. The summed E-state index contributed by atoms with van der Waals surface area (Å²) < 4.78 is 4.80. The minimum Gasteiger partial charge on any atom is -0.452 e. The van der Waals surface area contributed by atoms with Gasteiger partial charge in [0.15, 0.2) is 6.61 Å². The molecule has 0 aliphatic carbocycles. The van der Waals surface area contributed by atoms with Crippen LogP contribution in [0, 0.1) is 27.2 Å². The van der Waals surface area contributed by atoms with Crippen LogP contribution in [0.25, 0.3) is 0 Å². The summed E-state index contributed by atoms with van der Waals surface area (Å²) >= 11 is 5.66. The minimum atomic E-state index is -0.958. The van der Waals surface area contributed by atoms with Crippen LogP contribution in [0.5, 0.6) is 0 Å². The molecule has 0 fully saturated rings. The van der Waals surface area contributed by atoms with E-state index >= 15 is 0 Å². The molecular weight excluding hydrogens is 382 g/mol. The average Bonchev–Trinajstić information content (AvgIpc) is 2.61. The molecule has 2 rings (SSSR count). The van der Waals surface area contributed by atoms with E-state index in [1.807, 2.05) is 0 Å². The van der Waals surface area contributed by atoms with E-state index in [1.54, 1.807) is 6.92 Å². The van der Waals surface area contributed by atoms with Crippen molar-refractivity contribution in [3.63, 3.8) is 0 Å². The molecule has 2 aromatic rings. The van der Waals surface area contributed by atoms with E-state index in [4.69, 9.17) is 16.3 Å². The molecule has 0 saturated heterocycles. The molecule has 0 aromatic heterocycles. The summed E-state index contributed by atoms with van der Waals surface area (Å²) in [4.78, 5) is 44.1. The number of benzene rings is 2. The lowest BCUT2D eigenvalue weighted by Crippen LogP contribution is -2.21. The summed E-state index contributed by atoms with van der Waals surface area (Å²) in [5.74, 6) is -1.68. The van der Waals surface area contributed by atoms with Gasteiger partial charge in [0.2, 0.25) is 0 Å². The number of esters is 1. The van der Waals surface area contributed by atoms with Gasteiger partial charge >= 0.3 is 5.97 Å². The van der Waals surface area contributed by atoms with E-state index in [0.29, 0.717) is 5.56 Å². The third kappa shape index (κ3) is 4.98. The van der Waals surface area contributed by atoms with Gasteiger partial charge in [0, 0.05) is 18.2 Å². The number of hydrogen-bond acceptors (Lipinski definition) is 7. The number of hydrogen-bond donors (Lipinski definition) is 1. The number of nitro benzene ring substituents is 2. The van der Waals surface area contributed by atoms with E-state index in [0.717, 1.165) is 6.07 Å². The summed E-state index contributed by atoms with van der Waals surface area (Å²) in [6.07, 6.45) is 0. The third-order valence-corrected chi connectivity index (χ3v) is 3.74. The lowest BCUT2D eigenvalue weighted by Gasteiger charge is -2.09. The van der Waals surface area contributed by atoms with E-state index in [2.05, 4.69) is 5.32 Å². The van der Waals surface area contributed by atoms with Gasteiger partial charge in [-0.1, -0.05) is 17.7 Å². The Kier molecular flexibility index (Phi) is 6.03. The number of non-ortho nitro benzene ring substituents is 1. The van der Waals surface area contributed by atoms with Crippen LogP contribution in [-0.2, 0) is 9.53 Å². The molecule has 0 unspecified atom stereocenters. The molecule has 27 heavy (non-hydrogen) atoms. The predicted molar refractivity (Wildman–Crippen MR) is 94.9 cm³/mol. The van der Waals surface area contributed by atoms with Crippen LogP contribution in [0.2, 0.25) is 5.02 Å². The Morgan fingerprint density at radius 3 is 2.44 bits per heavy atom. The summed E-state index contributed by atoms with van der Waals surface area (Å²) in [6.45, 7) is 0.954. The molecule has 0 radical (unpaired) electrons. The van der Waals surface area contributed by atoms with Gasteiger partial charge in [-0.15, -0.1) is 0 Å². The van der Waals surface area contributed by atoms with E-state index in [-0.39, 0.29) is 22.0 Å². The molecule has 0 aliphatic rings. The maximum absolute atomic E-state index is 11.9. The lowest BCUT2D eigenvalue weighted by molar-refractivity contribution is -0.384. The van der Waals surface area contributed by atoms with Crippen molar-refractivity contribution in [2.45, 2.75) is 6.92 Å². The summed E-state index contributed by atoms with van der Waals surface area (Å²) in [5.41, 5.74) is -0.0458. The number of amides is 1. The van der Waals surface area contributed by atoms with Crippen molar-refractivity contribution >= 4 is 40.5 Å². The van der Waals surface area contributed by atoms with Crippen molar-refractivity contribution in [2.75, 3.05) is 11.9 Å². The molecule has 0 aliphatic heterocycles. The molecular formula is C16H12ClN3O7. The highest BCUT2D eigenvalue weighted by Crippen LogP contribution is 2.25. The molecule has 11 heteroatoms. The van der Waals surface area contributed by atoms with Crippen molar-refractivity contribution in [1.29, 1.82) is 0 Å². The second-order valence-electron chi connectivity index (χ2n) is 5.30. The zero-order valence-electron chi connectivity index (χ0n) is 13.8. The molecule has 2 aromatic carbocycles. The van der Waals surface area contributed by atoms with Crippen molar-refractivity contribution < 1.29 is 24.2 Å². The van der Waals surface area contributed by atoms with Crippen LogP contribution in [-0.4, -0.2) is 28.3 Å². The molecule has 0 heterocycles. The zero-order valence-corrected chi connectivity index (χ0v) is 14.6. The fraction of sp³-hybridized carbons (Fsp3) is 0.125. The Labute approximate surface area is 157 Å². The van der Waals surface area contributed by atoms with Crippen LogP contribution in [0.15, 0.2) is 36.4 Å². The number of nitro groups is 2. The summed E-state index contributed by atoms with van der Waals surface area (Å²) in [7, 11) is 0. The number of rotatable bonds is 6. The SMILES string of the molecule is Cc1ccc([N+](=O)[O-])cc1NC(=O)COC(=O)c1ccc(Cl)c([N+](=O)[O-])c1. The predicted octanol–water partition coefficient (Wildman–Crippen LogP) is 3.26. The Bertz CT molecular complexity index is 946. The topological polar surface area (TPSA) is 142 Å². The fourth-order valence-electron chi connectivity index (χ4n) is 2.04. The smallest absolute Gasteiger partial charge is 0.338 e. The third-order valence-electron chi connectivity index (χ3n) is 3.42. The normalized spacial score (nSPS) is 10.1. The van der Waals surface area contributed by atoms with E-state index in [1.165, 1.54) is 30.3 Å². The molecule has 0 bridgehead atoms. The van der Waals surface area contributed by atoms with E-state index in [9.17, 15) is 29.8 Å². The number of halogens is 1. The first-order chi connectivity index (χ1) is 12.7. The second-order valence-corrected chi connectivity index (χ2v) is 5.71. The van der Waals surface area contributed by atoms with Crippen molar-refractivity contribution in [1.82, 2.24) is 0 Å². The maximum Gasteiger partial charge on any atom is 0.338 e. The molecule has 10 nitrogen and oxygen atoms in total. The Morgan fingerprint density at radius 2 is 1.81 bits per heavy atom. The van der Waals surface area contributed by atoms with Crippen LogP contribution in [0.1, 0.15) is 15.9 Å². The van der Waals surface area contributed by atoms with Crippen LogP contribution in [0.4, 0.5) is 17.1 Å². The number of nitrogens with one attached hydrogen (secondary N) is 1. The monoisotopic (exact) mass is 393 g/mol. The quantitative estimate of drug-likeness (QED) is 0.450. The first-order valence-corrected chi connectivity index (χ1v) is 7.73. The van der Waals surface area contributed by atoms with Gasteiger partial charge in [0.05, 0.1) is 21.1 Å².